The molecule has 2 aromatic heterocycles. The van der Waals surface area contributed by atoms with Crippen molar-refractivity contribution in [1.82, 2.24) is 24.9 Å². The second kappa shape index (κ2) is 8.09. The van der Waals surface area contributed by atoms with Gasteiger partial charge in [0, 0.05) is 16.8 Å². The minimum atomic E-state index is -0.381. The molecule has 0 aliphatic rings. The lowest BCUT2D eigenvalue weighted by molar-refractivity contribution is 0.0955. The van der Waals surface area contributed by atoms with Crippen molar-refractivity contribution in [2.75, 3.05) is 0 Å². The lowest BCUT2D eigenvalue weighted by Crippen LogP contribution is -2.17. The fraction of sp³-hybridized carbons (Fsp3) is 0. The van der Waals surface area contributed by atoms with E-state index in [4.69, 9.17) is 11.6 Å². The average molecular weight is 443 g/mol. The van der Waals surface area contributed by atoms with Gasteiger partial charge in [-0.2, -0.15) is 5.10 Å². The summed E-state index contributed by atoms with van der Waals surface area (Å²) in [4.78, 5) is 24.9. The van der Waals surface area contributed by atoms with Crippen molar-refractivity contribution in [3.8, 4) is 11.4 Å². The predicted molar refractivity (Wildman–Crippen MR) is 122 cm³/mol. The molecule has 32 heavy (non-hydrogen) atoms. The number of nitrogens with one attached hydrogen (secondary N) is 1. The van der Waals surface area contributed by atoms with Gasteiger partial charge in [0.05, 0.1) is 6.21 Å². The molecule has 0 fully saturated rings. The molecule has 3 aromatic carbocycles. The Morgan fingerprint density at radius 1 is 1.03 bits per heavy atom. The largest absolute Gasteiger partial charge is 0.507 e. The molecule has 0 spiro atoms. The van der Waals surface area contributed by atoms with Gasteiger partial charge in [0.2, 0.25) is 0 Å². The Morgan fingerprint density at radius 2 is 1.84 bits per heavy atom. The fourth-order valence-corrected chi connectivity index (χ4v) is 3.59. The summed E-state index contributed by atoms with van der Waals surface area (Å²) < 4.78 is 1.76. The summed E-state index contributed by atoms with van der Waals surface area (Å²) in [5, 5.41) is 16.3. The van der Waals surface area contributed by atoms with Gasteiger partial charge in [0.1, 0.15) is 23.9 Å². The van der Waals surface area contributed by atoms with Gasteiger partial charge in [-0.15, -0.1) is 0 Å². The van der Waals surface area contributed by atoms with Gasteiger partial charge in [-0.25, -0.2) is 20.4 Å². The van der Waals surface area contributed by atoms with Crippen LogP contribution in [0.5, 0.6) is 5.75 Å². The number of phenolic OH excluding ortho intramolecular Hbond substituents is 1. The number of rotatable bonds is 4. The first-order valence-corrected chi connectivity index (χ1v) is 9.98. The van der Waals surface area contributed by atoms with E-state index in [1.54, 1.807) is 41.2 Å². The van der Waals surface area contributed by atoms with Gasteiger partial charge >= 0.3 is 0 Å². The van der Waals surface area contributed by atoms with Crippen molar-refractivity contribution in [3.63, 3.8) is 0 Å². The molecule has 0 aliphatic heterocycles. The molecular weight excluding hydrogens is 428 g/mol. The number of halogens is 1. The first-order valence-electron chi connectivity index (χ1n) is 9.60. The van der Waals surface area contributed by atoms with E-state index in [1.807, 2.05) is 30.3 Å². The molecule has 8 nitrogen and oxygen atoms in total. The van der Waals surface area contributed by atoms with E-state index >= 15 is 0 Å². The van der Waals surface area contributed by atoms with Crippen LogP contribution in [0.2, 0.25) is 5.15 Å². The highest BCUT2D eigenvalue weighted by Gasteiger charge is 2.11. The van der Waals surface area contributed by atoms with Crippen molar-refractivity contribution in [2.45, 2.75) is 0 Å². The van der Waals surface area contributed by atoms with Gasteiger partial charge in [0.15, 0.2) is 10.8 Å². The van der Waals surface area contributed by atoms with E-state index in [0.717, 1.165) is 16.5 Å². The van der Waals surface area contributed by atoms with Gasteiger partial charge < -0.3 is 5.11 Å². The number of phenols is 1. The van der Waals surface area contributed by atoms with Crippen LogP contribution in [-0.2, 0) is 0 Å². The number of amides is 1. The Bertz CT molecular complexity index is 1490. The Labute approximate surface area is 186 Å². The van der Waals surface area contributed by atoms with Gasteiger partial charge in [-0.3, -0.25) is 9.36 Å². The second-order valence-electron chi connectivity index (χ2n) is 6.92. The maximum atomic E-state index is 12.5. The first kappa shape index (κ1) is 19.7. The fourth-order valence-electron chi connectivity index (χ4n) is 3.41. The van der Waals surface area contributed by atoms with Gasteiger partial charge in [-0.05, 0) is 41.1 Å². The molecule has 156 valence electrons. The zero-order valence-corrected chi connectivity index (χ0v) is 17.2. The van der Waals surface area contributed by atoms with Crippen LogP contribution in [-0.4, -0.2) is 36.7 Å². The van der Waals surface area contributed by atoms with E-state index in [1.165, 1.54) is 12.5 Å². The molecule has 9 heteroatoms. The number of hydrogen-bond acceptors (Lipinski definition) is 6. The standard InChI is InChI=1S/C23H15ClN6O2/c24-21-20-22(26-12-25-21)30(13-27-20)16-8-5-15(6-9-16)23(32)29-28-11-18-17-4-2-1-3-14(17)7-10-19(18)31/h1-13,31H,(H,29,32)/b28-11+. The molecule has 0 atom stereocenters. The lowest BCUT2D eigenvalue weighted by atomic mass is 10.0. The molecule has 2 N–H and O–H groups in total. The zero-order valence-electron chi connectivity index (χ0n) is 16.5. The summed E-state index contributed by atoms with van der Waals surface area (Å²) in [6.45, 7) is 0. The van der Waals surface area contributed by atoms with Gasteiger partial charge in [-0.1, -0.05) is 41.9 Å². The molecule has 5 rings (SSSR count). The molecule has 0 unspecified atom stereocenters. The monoisotopic (exact) mass is 442 g/mol. The second-order valence-corrected chi connectivity index (χ2v) is 7.27. The van der Waals surface area contributed by atoms with Crippen LogP contribution in [0, 0.1) is 0 Å². The molecule has 0 saturated carbocycles. The van der Waals surface area contributed by atoms with Crippen LogP contribution in [0.25, 0.3) is 27.6 Å². The molecular formula is C23H15ClN6O2. The normalized spacial score (nSPS) is 11.4. The van der Waals surface area contributed by atoms with Crippen molar-refractivity contribution in [2.24, 2.45) is 5.10 Å². The van der Waals surface area contributed by atoms with E-state index in [9.17, 15) is 9.90 Å². The lowest BCUT2D eigenvalue weighted by Gasteiger charge is -2.06. The Hall–Kier alpha value is -4.30. The third-order valence-corrected chi connectivity index (χ3v) is 5.28. The maximum absolute atomic E-state index is 12.5. The third-order valence-electron chi connectivity index (χ3n) is 5.00. The van der Waals surface area contributed by atoms with E-state index in [2.05, 4.69) is 25.5 Å². The zero-order chi connectivity index (χ0) is 22.1. The minimum absolute atomic E-state index is 0.0857. The number of benzene rings is 3. The van der Waals surface area contributed by atoms with Crippen molar-refractivity contribution < 1.29 is 9.90 Å². The van der Waals surface area contributed by atoms with E-state index < -0.39 is 0 Å². The van der Waals surface area contributed by atoms with Crippen LogP contribution in [0.15, 0.2) is 78.4 Å². The summed E-state index contributed by atoms with van der Waals surface area (Å²) in [7, 11) is 0. The van der Waals surface area contributed by atoms with Crippen molar-refractivity contribution >= 4 is 45.7 Å². The molecule has 0 radical (unpaired) electrons. The van der Waals surface area contributed by atoms with Crippen LogP contribution in [0.3, 0.4) is 0 Å². The first-order chi connectivity index (χ1) is 15.6. The Kier molecular flexibility index (Phi) is 4.97. The number of fused-ring (bicyclic) bond motifs is 2. The molecule has 5 aromatic rings. The predicted octanol–water partition coefficient (Wildman–Crippen LogP) is 4.09. The number of carbonyl (C=O) groups is 1. The number of aromatic hydroxyl groups is 1. The van der Waals surface area contributed by atoms with Crippen LogP contribution in [0.4, 0.5) is 0 Å². The quantitative estimate of drug-likeness (QED) is 0.248. The Morgan fingerprint density at radius 3 is 2.69 bits per heavy atom. The highest BCUT2D eigenvalue weighted by atomic mass is 35.5. The summed E-state index contributed by atoms with van der Waals surface area (Å²) in [5.41, 5.74) is 5.29. The highest BCUT2D eigenvalue weighted by Crippen LogP contribution is 2.25. The summed E-state index contributed by atoms with van der Waals surface area (Å²) in [6, 6.07) is 17.9. The van der Waals surface area contributed by atoms with Crippen LogP contribution < -0.4 is 5.43 Å². The average Bonchev–Trinajstić information content (AvgIpc) is 3.26. The minimum Gasteiger partial charge on any atom is -0.507 e. The molecule has 0 bridgehead atoms. The number of imidazole rings is 1. The van der Waals surface area contributed by atoms with E-state index in [-0.39, 0.29) is 16.8 Å². The summed E-state index contributed by atoms with van der Waals surface area (Å²) in [5.74, 6) is -0.295. The van der Waals surface area contributed by atoms with E-state index in [0.29, 0.717) is 22.3 Å². The van der Waals surface area contributed by atoms with Crippen molar-refractivity contribution in [3.05, 3.63) is 89.6 Å². The van der Waals surface area contributed by atoms with Crippen LogP contribution in [0.1, 0.15) is 15.9 Å². The summed E-state index contributed by atoms with van der Waals surface area (Å²) >= 11 is 6.05. The third kappa shape index (κ3) is 3.52. The highest BCUT2D eigenvalue weighted by molar-refractivity contribution is 6.33. The van der Waals surface area contributed by atoms with Gasteiger partial charge in [0.25, 0.3) is 5.91 Å². The Balaban J connectivity index is 1.35. The topological polar surface area (TPSA) is 105 Å². The number of hydrazone groups is 1. The number of carbonyl (C=O) groups excluding carboxylic acids is 1. The summed E-state index contributed by atoms with van der Waals surface area (Å²) in [6.07, 6.45) is 4.41. The maximum Gasteiger partial charge on any atom is 0.271 e. The molecule has 1 amide bonds. The number of nitrogens with zero attached hydrogens (tertiary/aromatic N) is 5. The number of hydrogen-bond donors (Lipinski definition) is 2. The number of aromatic nitrogens is 4. The molecule has 0 aliphatic carbocycles. The van der Waals surface area contributed by atoms with Crippen molar-refractivity contribution in [1.29, 1.82) is 0 Å². The molecule has 2 heterocycles. The SMILES string of the molecule is O=C(N/N=C/c1c(O)ccc2ccccc12)c1ccc(-n2cnc3c(Cl)ncnc32)cc1. The molecule has 0 saturated heterocycles. The smallest absolute Gasteiger partial charge is 0.271 e. The van der Waals surface area contributed by atoms with Crippen LogP contribution >= 0.6 is 11.6 Å².